The maximum atomic E-state index is 11.0. The summed E-state index contributed by atoms with van der Waals surface area (Å²) in [5.74, 6) is 0.220. The Labute approximate surface area is 86.5 Å². The maximum absolute atomic E-state index is 11.0. The van der Waals surface area contributed by atoms with E-state index in [0.717, 1.165) is 12.8 Å². The number of allylic oxidation sites excluding steroid dienone is 1. The van der Waals surface area contributed by atoms with Crippen molar-refractivity contribution in [2.24, 2.45) is 0 Å². The van der Waals surface area contributed by atoms with Gasteiger partial charge in [0, 0.05) is 18.3 Å². The van der Waals surface area contributed by atoms with Crippen LogP contribution in [0.2, 0.25) is 0 Å². The molecule has 0 saturated carbocycles. The van der Waals surface area contributed by atoms with E-state index in [0.29, 0.717) is 6.04 Å². The fourth-order valence-corrected chi connectivity index (χ4v) is 2.82. The minimum absolute atomic E-state index is 0.0396. The lowest BCUT2D eigenvalue weighted by atomic mass is 10.0. The zero-order valence-corrected chi connectivity index (χ0v) is 9.68. The Hall–Kier alpha value is -0.350. The molecule has 4 heteroatoms. The highest BCUT2D eigenvalue weighted by molar-refractivity contribution is 7.90. The van der Waals surface area contributed by atoms with Crippen molar-refractivity contribution in [3.63, 3.8) is 0 Å². The Morgan fingerprint density at radius 3 is 2.79 bits per heavy atom. The molecular weight excluding hydrogens is 198 g/mol. The third-order valence-electron chi connectivity index (χ3n) is 2.31. The predicted octanol–water partition coefficient (Wildman–Crippen LogP) is 1.12. The van der Waals surface area contributed by atoms with Gasteiger partial charge in [-0.15, -0.1) is 0 Å². The monoisotopic (exact) mass is 217 g/mol. The molecule has 0 aromatic rings. The Bertz CT molecular complexity index is 295. The lowest BCUT2D eigenvalue weighted by Crippen LogP contribution is -2.39. The summed E-state index contributed by atoms with van der Waals surface area (Å²) in [7, 11) is -2.86. The Morgan fingerprint density at radius 2 is 2.29 bits per heavy atom. The second-order valence-corrected chi connectivity index (χ2v) is 6.31. The van der Waals surface area contributed by atoms with Crippen LogP contribution in [0.4, 0.5) is 0 Å². The summed E-state index contributed by atoms with van der Waals surface area (Å²) in [6.45, 7) is 1.92. The van der Waals surface area contributed by atoms with Crippen LogP contribution in [0.25, 0.3) is 0 Å². The minimum atomic E-state index is -2.86. The van der Waals surface area contributed by atoms with Gasteiger partial charge in [0.15, 0.2) is 0 Å². The molecule has 0 aliphatic heterocycles. The van der Waals surface area contributed by atoms with Crippen LogP contribution in [0.1, 0.15) is 26.2 Å². The number of rotatable bonds is 4. The summed E-state index contributed by atoms with van der Waals surface area (Å²) in [5.41, 5.74) is 0. The van der Waals surface area contributed by atoms with Crippen LogP contribution in [0.3, 0.4) is 0 Å². The van der Waals surface area contributed by atoms with E-state index < -0.39 is 9.84 Å². The van der Waals surface area contributed by atoms with Gasteiger partial charge in [-0.1, -0.05) is 12.2 Å². The normalized spacial score (nSPS) is 24.9. The zero-order valence-electron chi connectivity index (χ0n) is 8.86. The average molecular weight is 217 g/mol. The number of sulfone groups is 1. The molecule has 2 atom stereocenters. The first-order valence-corrected chi connectivity index (χ1v) is 7.14. The molecule has 0 spiro atoms. The van der Waals surface area contributed by atoms with Gasteiger partial charge < -0.3 is 5.32 Å². The molecule has 1 rings (SSSR count). The molecule has 82 valence electrons. The molecule has 0 radical (unpaired) electrons. The summed E-state index contributed by atoms with van der Waals surface area (Å²) in [4.78, 5) is 0. The van der Waals surface area contributed by atoms with Crippen molar-refractivity contribution in [3.05, 3.63) is 12.2 Å². The maximum Gasteiger partial charge on any atom is 0.148 e. The highest BCUT2D eigenvalue weighted by atomic mass is 32.2. The van der Waals surface area contributed by atoms with E-state index in [1.807, 2.05) is 6.92 Å². The molecule has 0 bridgehead atoms. The molecule has 1 aliphatic carbocycles. The molecule has 0 fully saturated rings. The van der Waals surface area contributed by atoms with Gasteiger partial charge in [0.05, 0.1) is 5.75 Å². The molecule has 14 heavy (non-hydrogen) atoms. The Balaban J connectivity index is 2.36. The first-order chi connectivity index (χ1) is 6.47. The fraction of sp³-hybridized carbons (Fsp3) is 0.800. The number of nitrogens with one attached hydrogen (secondary N) is 1. The molecule has 3 nitrogen and oxygen atoms in total. The molecule has 0 amide bonds. The molecular formula is C10H19NO2S. The van der Waals surface area contributed by atoms with Gasteiger partial charge in [-0.05, 0) is 26.2 Å². The van der Waals surface area contributed by atoms with Crippen molar-refractivity contribution in [3.8, 4) is 0 Å². The average Bonchev–Trinajstić information content (AvgIpc) is 2.02. The third-order valence-corrected chi connectivity index (χ3v) is 3.41. The van der Waals surface area contributed by atoms with Crippen molar-refractivity contribution < 1.29 is 8.42 Å². The fourth-order valence-electron chi connectivity index (χ4n) is 1.82. The van der Waals surface area contributed by atoms with E-state index in [2.05, 4.69) is 17.5 Å². The first-order valence-electron chi connectivity index (χ1n) is 5.08. The Kier molecular flexibility index (Phi) is 4.13. The van der Waals surface area contributed by atoms with Crippen molar-refractivity contribution in [2.75, 3.05) is 12.0 Å². The van der Waals surface area contributed by atoms with Gasteiger partial charge in [-0.2, -0.15) is 0 Å². The molecule has 0 heterocycles. The molecule has 2 unspecified atom stereocenters. The largest absolute Gasteiger partial charge is 0.307 e. The van der Waals surface area contributed by atoms with E-state index in [-0.39, 0.29) is 11.8 Å². The van der Waals surface area contributed by atoms with E-state index >= 15 is 0 Å². The van der Waals surface area contributed by atoms with Crippen LogP contribution in [-0.4, -0.2) is 32.5 Å². The van der Waals surface area contributed by atoms with Gasteiger partial charge in [0.25, 0.3) is 0 Å². The van der Waals surface area contributed by atoms with Crippen molar-refractivity contribution in [1.82, 2.24) is 5.32 Å². The molecule has 0 saturated heterocycles. The second kappa shape index (κ2) is 4.94. The highest BCUT2D eigenvalue weighted by Gasteiger charge is 2.14. The van der Waals surface area contributed by atoms with Crippen LogP contribution in [0.5, 0.6) is 0 Å². The van der Waals surface area contributed by atoms with Gasteiger partial charge >= 0.3 is 0 Å². The lowest BCUT2D eigenvalue weighted by Gasteiger charge is -2.22. The van der Waals surface area contributed by atoms with Crippen molar-refractivity contribution in [1.29, 1.82) is 0 Å². The van der Waals surface area contributed by atoms with Gasteiger partial charge in [-0.3, -0.25) is 0 Å². The highest BCUT2D eigenvalue weighted by Crippen LogP contribution is 2.10. The first kappa shape index (κ1) is 11.7. The van der Waals surface area contributed by atoms with E-state index in [4.69, 9.17) is 0 Å². The topological polar surface area (TPSA) is 46.2 Å². The molecule has 1 N–H and O–H groups in total. The predicted molar refractivity (Wildman–Crippen MR) is 59.1 cm³/mol. The third kappa shape index (κ3) is 4.77. The van der Waals surface area contributed by atoms with Crippen LogP contribution in [-0.2, 0) is 9.84 Å². The summed E-state index contributed by atoms with van der Waals surface area (Å²) in [6.07, 6.45) is 9.04. The lowest BCUT2D eigenvalue weighted by molar-refractivity contribution is 0.474. The standard InChI is InChI=1S/C10H19NO2S/c1-9(8-14(2,12)13)11-10-6-4-3-5-7-10/h4,6,9-11H,3,5,7-8H2,1-2H3. The van der Waals surface area contributed by atoms with Crippen molar-refractivity contribution in [2.45, 2.75) is 38.3 Å². The minimum Gasteiger partial charge on any atom is -0.307 e. The van der Waals surface area contributed by atoms with Crippen LogP contribution >= 0.6 is 0 Å². The zero-order chi connectivity index (χ0) is 10.6. The second-order valence-electron chi connectivity index (χ2n) is 4.13. The van der Waals surface area contributed by atoms with E-state index in [1.165, 1.54) is 12.7 Å². The van der Waals surface area contributed by atoms with E-state index in [9.17, 15) is 8.42 Å². The summed E-state index contributed by atoms with van der Waals surface area (Å²) in [6, 6.07) is 0.401. The summed E-state index contributed by atoms with van der Waals surface area (Å²) >= 11 is 0. The van der Waals surface area contributed by atoms with Crippen LogP contribution in [0.15, 0.2) is 12.2 Å². The SMILES string of the molecule is CC(CS(C)(=O)=O)NC1C=CCCC1. The summed E-state index contributed by atoms with van der Waals surface area (Å²) in [5, 5.41) is 3.31. The van der Waals surface area contributed by atoms with Gasteiger partial charge in [0.1, 0.15) is 9.84 Å². The van der Waals surface area contributed by atoms with Crippen LogP contribution in [0, 0.1) is 0 Å². The molecule has 1 aliphatic rings. The number of hydrogen-bond acceptors (Lipinski definition) is 3. The Morgan fingerprint density at radius 1 is 1.57 bits per heavy atom. The quantitative estimate of drug-likeness (QED) is 0.718. The van der Waals surface area contributed by atoms with Gasteiger partial charge in [0.2, 0.25) is 0 Å². The molecule has 0 aromatic carbocycles. The van der Waals surface area contributed by atoms with Gasteiger partial charge in [-0.25, -0.2) is 8.42 Å². The van der Waals surface area contributed by atoms with Crippen molar-refractivity contribution >= 4 is 9.84 Å². The smallest absolute Gasteiger partial charge is 0.148 e. The van der Waals surface area contributed by atoms with Crippen LogP contribution < -0.4 is 5.32 Å². The summed E-state index contributed by atoms with van der Waals surface area (Å²) < 4.78 is 22.1. The molecule has 0 aromatic heterocycles. The number of hydrogen-bond donors (Lipinski definition) is 1. The van der Waals surface area contributed by atoms with E-state index in [1.54, 1.807) is 0 Å².